The molecule has 0 aliphatic carbocycles. The zero-order chi connectivity index (χ0) is 13.4. The SMILES string of the molecule is CCOC(=O)CC#Cc1cc(F)ccc1OCC. The van der Waals surface area contributed by atoms with Crippen molar-refractivity contribution in [1.82, 2.24) is 0 Å². The summed E-state index contributed by atoms with van der Waals surface area (Å²) < 4.78 is 23.1. The smallest absolute Gasteiger partial charge is 0.317 e. The summed E-state index contributed by atoms with van der Waals surface area (Å²) in [6, 6.07) is 4.11. The lowest BCUT2D eigenvalue weighted by Crippen LogP contribution is -2.01. The number of hydrogen-bond donors (Lipinski definition) is 0. The molecule has 0 atom stereocenters. The highest BCUT2D eigenvalue weighted by atomic mass is 19.1. The van der Waals surface area contributed by atoms with Crippen LogP contribution in [0.2, 0.25) is 0 Å². The van der Waals surface area contributed by atoms with E-state index in [1.807, 2.05) is 6.92 Å². The summed E-state index contributed by atoms with van der Waals surface area (Å²) in [6.45, 7) is 4.35. The third-order valence-corrected chi connectivity index (χ3v) is 2.00. The highest BCUT2D eigenvalue weighted by Gasteiger charge is 2.03. The molecule has 18 heavy (non-hydrogen) atoms. The number of benzene rings is 1. The van der Waals surface area contributed by atoms with Crippen LogP contribution in [-0.4, -0.2) is 19.2 Å². The van der Waals surface area contributed by atoms with Gasteiger partial charge >= 0.3 is 5.97 Å². The van der Waals surface area contributed by atoms with E-state index < -0.39 is 0 Å². The normalized spacial score (nSPS) is 9.28. The van der Waals surface area contributed by atoms with Crippen molar-refractivity contribution in [3.63, 3.8) is 0 Å². The van der Waals surface area contributed by atoms with Crippen molar-refractivity contribution in [1.29, 1.82) is 0 Å². The molecule has 0 aromatic heterocycles. The van der Waals surface area contributed by atoms with Gasteiger partial charge in [-0.3, -0.25) is 4.79 Å². The van der Waals surface area contributed by atoms with Gasteiger partial charge < -0.3 is 9.47 Å². The minimum atomic E-state index is -0.390. The fourth-order valence-electron chi connectivity index (χ4n) is 1.30. The topological polar surface area (TPSA) is 35.5 Å². The van der Waals surface area contributed by atoms with Crippen LogP contribution in [-0.2, 0) is 9.53 Å². The van der Waals surface area contributed by atoms with Gasteiger partial charge in [0, 0.05) is 0 Å². The van der Waals surface area contributed by atoms with Gasteiger partial charge in [0.1, 0.15) is 18.0 Å². The minimum absolute atomic E-state index is 0.0179. The number of halogens is 1. The molecule has 0 N–H and O–H groups in total. The fourth-order valence-corrected chi connectivity index (χ4v) is 1.30. The second-order valence-corrected chi connectivity index (χ2v) is 3.36. The van der Waals surface area contributed by atoms with Crippen LogP contribution in [0.3, 0.4) is 0 Å². The number of carbonyl (C=O) groups excluding carboxylic acids is 1. The van der Waals surface area contributed by atoms with Crippen LogP contribution in [0.1, 0.15) is 25.8 Å². The van der Waals surface area contributed by atoms with Crippen molar-refractivity contribution in [2.75, 3.05) is 13.2 Å². The maximum atomic E-state index is 13.1. The lowest BCUT2D eigenvalue weighted by molar-refractivity contribution is -0.141. The molecule has 0 unspecified atom stereocenters. The number of carbonyl (C=O) groups is 1. The Kier molecular flexibility index (Phi) is 5.72. The van der Waals surface area contributed by atoms with Crippen molar-refractivity contribution in [3.05, 3.63) is 29.6 Å². The van der Waals surface area contributed by atoms with Crippen molar-refractivity contribution >= 4 is 5.97 Å². The van der Waals surface area contributed by atoms with E-state index in [0.29, 0.717) is 24.5 Å². The molecule has 0 aliphatic heterocycles. The molecular formula is C14H15FO3. The van der Waals surface area contributed by atoms with Crippen LogP contribution < -0.4 is 4.74 Å². The van der Waals surface area contributed by atoms with Gasteiger partial charge in [0.2, 0.25) is 0 Å². The Morgan fingerprint density at radius 1 is 1.33 bits per heavy atom. The first-order valence-electron chi connectivity index (χ1n) is 5.74. The summed E-state index contributed by atoms with van der Waals surface area (Å²) in [5.74, 6) is 5.08. The number of rotatable bonds is 4. The third kappa shape index (κ3) is 4.46. The van der Waals surface area contributed by atoms with Crippen molar-refractivity contribution in [2.24, 2.45) is 0 Å². The zero-order valence-electron chi connectivity index (χ0n) is 10.5. The Bertz CT molecular complexity index is 472. The average molecular weight is 250 g/mol. The summed E-state index contributed by atoms with van der Waals surface area (Å²) in [6.07, 6.45) is -0.0179. The van der Waals surface area contributed by atoms with Crippen LogP contribution >= 0.6 is 0 Å². The maximum Gasteiger partial charge on any atom is 0.317 e. The number of ether oxygens (including phenoxy) is 2. The molecule has 0 radical (unpaired) electrons. The first-order chi connectivity index (χ1) is 8.67. The molecule has 0 saturated heterocycles. The van der Waals surface area contributed by atoms with Crippen molar-refractivity contribution < 1.29 is 18.7 Å². The molecule has 96 valence electrons. The van der Waals surface area contributed by atoms with E-state index in [-0.39, 0.29) is 18.2 Å². The first kappa shape index (κ1) is 14.0. The van der Waals surface area contributed by atoms with Crippen LogP contribution in [0, 0.1) is 17.7 Å². The van der Waals surface area contributed by atoms with E-state index >= 15 is 0 Å². The molecule has 1 aromatic rings. The lowest BCUT2D eigenvalue weighted by Gasteiger charge is -2.05. The van der Waals surface area contributed by atoms with Gasteiger partial charge in [0.05, 0.1) is 18.8 Å². The van der Waals surface area contributed by atoms with Gasteiger partial charge in [0.25, 0.3) is 0 Å². The van der Waals surface area contributed by atoms with Gasteiger partial charge in [0.15, 0.2) is 0 Å². The molecular weight excluding hydrogens is 235 g/mol. The molecule has 0 fully saturated rings. The van der Waals surface area contributed by atoms with E-state index in [1.54, 1.807) is 6.92 Å². The van der Waals surface area contributed by atoms with Crippen LogP contribution in [0.4, 0.5) is 4.39 Å². The molecule has 0 heterocycles. The van der Waals surface area contributed by atoms with E-state index in [9.17, 15) is 9.18 Å². The monoisotopic (exact) mass is 250 g/mol. The molecule has 0 amide bonds. The highest BCUT2D eigenvalue weighted by Crippen LogP contribution is 2.18. The predicted octanol–water partition coefficient (Wildman–Crippen LogP) is 2.53. The van der Waals surface area contributed by atoms with Gasteiger partial charge in [-0.25, -0.2) is 4.39 Å². The predicted molar refractivity (Wildman–Crippen MR) is 65.7 cm³/mol. The molecule has 0 spiro atoms. The largest absolute Gasteiger partial charge is 0.493 e. The fraction of sp³-hybridized carbons (Fsp3) is 0.357. The number of hydrogen-bond acceptors (Lipinski definition) is 3. The van der Waals surface area contributed by atoms with E-state index in [0.717, 1.165) is 0 Å². The summed E-state index contributed by atoms with van der Waals surface area (Å²) in [7, 11) is 0. The van der Waals surface area contributed by atoms with Gasteiger partial charge in [-0.05, 0) is 32.0 Å². The Morgan fingerprint density at radius 2 is 2.11 bits per heavy atom. The Labute approximate surface area is 106 Å². The molecule has 0 bridgehead atoms. The summed E-state index contributed by atoms with van der Waals surface area (Å²) in [5.41, 5.74) is 0.432. The lowest BCUT2D eigenvalue weighted by atomic mass is 10.2. The standard InChI is InChI=1S/C14H15FO3/c1-3-17-13-9-8-12(15)10-11(13)6-5-7-14(16)18-4-2/h8-10H,3-4,7H2,1-2H3. The molecule has 0 aliphatic rings. The van der Waals surface area contributed by atoms with E-state index in [4.69, 9.17) is 9.47 Å². The van der Waals surface area contributed by atoms with Crippen LogP contribution in [0.5, 0.6) is 5.75 Å². The van der Waals surface area contributed by atoms with Gasteiger partial charge in [-0.2, -0.15) is 0 Å². The van der Waals surface area contributed by atoms with Gasteiger partial charge in [-0.15, -0.1) is 0 Å². The number of esters is 1. The third-order valence-electron chi connectivity index (χ3n) is 2.00. The second-order valence-electron chi connectivity index (χ2n) is 3.36. The zero-order valence-corrected chi connectivity index (χ0v) is 10.5. The van der Waals surface area contributed by atoms with Crippen molar-refractivity contribution in [3.8, 4) is 17.6 Å². The summed E-state index contributed by atoms with van der Waals surface area (Å²) in [5, 5.41) is 0. The Balaban J connectivity index is 2.79. The molecule has 3 nitrogen and oxygen atoms in total. The summed E-state index contributed by atoms with van der Waals surface area (Å²) in [4.78, 5) is 11.1. The summed E-state index contributed by atoms with van der Waals surface area (Å²) >= 11 is 0. The maximum absolute atomic E-state index is 13.1. The van der Waals surface area contributed by atoms with Crippen LogP contribution in [0.15, 0.2) is 18.2 Å². The quantitative estimate of drug-likeness (QED) is 0.608. The minimum Gasteiger partial charge on any atom is -0.493 e. The van der Waals surface area contributed by atoms with Crippen LogP contribution in [0.25, 0.3) is 0 Å². The molecule has 0 saturated carbocycles. The Morgan fingerprint density at radius 3 is 2.78 bits per heavy atom. The molecule has 4 heteroatoms. The van der Waals surface area contributed by atoms with E-state index in [1.165, 1.54) is 18.2 Å². The molecule has 1 rings (SSSR count). The second kappa shape index (κ2) is 7.33. The highest BCUT2D eigenvalue weighted by molar-refractivity contribution is 5.72. The van der Waals surface area contributed by atoms with E-state index in [2.05, 4.69) is 11.8 Å². The van der Waals surface area contributed by atoms with Crippen molar-refractivity contribution in [2.45, 2.75) is 20.3 Å². The Hall–Kier alpha value is -2.02. The molecule has 1 aromatic carbocycles. The first-order valence-corrected chi connectivity index (χ1v) is 5.74. The van der Waals surface area contributed by atoms with Gasteiger partial charge in [-0.1, -0.05) is 11.8 Å². The average Bonchev–Trinajstić information content (AvgIpc) is 2.33.